The second kappa shape index (κ2) is 8.50. The lowest BCUT2D eigenvalue weighted by Crippen LogP contribution is -2.59. The van der Waals surface area contributed by atoms with Gasteiger partial charge in [-0.1, -0.05) is 0 Å². The van der Waals surface area contributed by atoms with Crippen LogP contribution in [0.25, 0.3) is 22.1 Å². The van der Waals surface area contributed by atoms with Crippen molar-refractivity contribution in [3.05, 3.63) is 24.3 Å². The molecule has 5 aliphatic rings. The Balaban J connectivity index is 1.13. The highest BCUT2D eigenvalue weighted by molar-refractivity contribution is 6.01. The molecule has 0 spiro atoms. The second-order valence-electron chi connectivity index (χ2n) is 12.1. The first-order valence-corrected chi connectivity index (χ1v) is 13.7. The largest absolute Gasteiger partial charge is 0.441 e. The van der Waals surface area contributed by atoms with Gasteiger partial charge in [0.15, 0.2) is 6.61 Å². The van der Waals surface area contributed by atoms with Crippen molar-refractivity contribution in [1.82, 2.24) is 24.8 Å². The minimum atomic E-state index is -0.307. The summed E-state index contributed by atoms with van der Waals surface area (Å²) in [5.41, 5.74) is 2.67. The fourth-order valence-corrected chi connectivity index (χ4v) is 8.52. The molecule has 4 bridgehead atoms. The number of fused-ring (bicyclic) bond motifs is 3. The molecule has 1 amide bonds. The van der Waals surface area contributed by atoms with E-state index in [1.54, 1.807) is 0 Å². The first-order chi connectivity index (χ1) is 17.6. The molecule has 0 aromatic carbocycles. The molecular formula is C28H34N6O2. The first kappa shape index (κ1) is 22.1. The predicted octanol–water partition coefficient (Wildman–Crippen LogP) is 5.75. The van der Waals surface area contributed by atoms with Crippen molar-refractivity contribution in [3.63, 3.8) is 0 Å². The van der Waals surface area contributed by atoms with E-state index in [1.165, 1.54) is 19.3 Å². The number of carbonyl (C=O) groups is 1. The third-order valence-corrected chi connectivity index (χ3v) is 9.61. The Bertz CT molecular complexity index is 1310. The van der Waals surface area contributed by atoms with Crippen LogP contribution in [-0.2, 0) is 11.3 Å². The molecule has 188 valence electrons. The fourth-order valence-electron chi connectivity index (χ4n) is 8.52. The monoisotopic (exact) mass is 486 g/mol. The van der Waals surface area contributed by atoms with E-state index in [1.807, 2.05) is 12.4 Å². The van der Waals surface area contributed by atoms with Crippen LogP contribution in [0.1, 0.15) is 82.5 Å². The van der Waals surface area contributed by atoms with Gasteiger partial charge in [0.05, 0.1) is 17.8 Å². The standard InChI is InChI=1S/C28H34N6O2/c29-7-5-17-1-3-21(4-2-17)34-24(32-23-15-31-26-22(25(23)34)6-8-30-26)16-36-27(35)33-28-12-18-9-19(13-28)11-20(10-18)14-28/h6,8,15,17-21H,1-5,9-14,16H2,(H,30,31)(H,33,35). The van der Waals surface area contributed by atoms with Gasteiger partial charge in [-0.3, -0.25) is 0 Å². The van der Waals surface area contributed by atoms with Gasteiger partial charge in [0.1, 0.15) is 17.0 Å². The number of hydrogen-bond acceptors (Lipinski definition) is 5. The Morgan fingerprint density at radius 3 is 2.58 bits per heavy atom. The van der Waals surface area contributed by atoms with Crippen LogP contribution in [0, 0.1) is 35.0 Å². The Kier molecular flexibility index (Phi) is 5.23. The molecule has 8 heteroatoms. The molecule has 0 aliphatic heterocycles. The number of amides is 1. The number of hydrogen-bond donors (Lipinski definition) is 2. The molecule has 5 fully saturated rings. The summed E-state index contributed by atoms with van der Waals surface area (Å²) in [6.07, 6.45) is 15.5. The van der Waals surface area contributed by atoms with Crippen LogP contribution in [0.3, 0.4) is 0 Å². The van der Waals surface area contributed by atoms with E-state index in [0.29, 0.717) is 12.3 Å². The first-order valence-electron chi connectivity index (χ1n) is 13.7. The van der Waals surface area contributed by atoms with Crippen molar-refractivity contribution in [3.8, 4) is 6.07 Å². The van der Waals surface area contributed by atoms with Gasteiger partial charge >= 0.3 is 6.09 Å². The summed E-state index contributed by atoms with van der Waals surface area (Å²) in [5.74, 6) is 3.57. The van der Waals surface area contributed by atoms with Gasteiger partial charge in [0.2, 0.25) is 0 Å². The number of ether oxygens (including phenoxy) is 1. The Morgan fingerprint density at radius 1 is 1.17 bits per heavy atom. The van der Waals surface area contributed by atoms with Gasteiger partial charge in [-0.25, -0.2) is 14.8 Å². The lowest BCUT2D eigenvalue weighted by molar-refractivity contribution is -0.0197. The number of pyridine rings is 1. The van der Waals surface area contributed by atoms with E-state index in [4.69, 9.17) is 15.0 Å². The van der Waals surface area contributed by atoms with Gasteiger partial charge < -0.3 is 19.6 Å². The van der Waals surface area contributed by atoms with Gasteiger partial charge in [-0.05, 0) is 93.9 Å². The molecule has 3 aromatic rings. The normalized spacial score (nSPS) is 33.1. The van der Waals surface area contributed by atoms with Crippen molar-refractivity contribution < 1.29 is 9.53 Å². The number of carbonyl (C=O) groups excluding carboxylic acids is 1. The maximum absolute atomic E-state index is 13.1. The van der Waals surface area contributed by atoms with E-state index < -0.39 is 0 Å². The van der Waals surface area contributed by atoms with Gasteiger partial charge in [0.25, 0.3) is 0 Å². The number of imidazole rings is 1. The summed E-state index contributed by atoms with van der Waals surface area (Å²) in [5, 5.41) is 13.5. The van der Waals surface area contributed by atoms with Crippen LogP contribution in [0.5, 0.6) is 0 Å². The molecular weight excluding hydrogens is 452 g/mol. The van der Waals surface area contributed by atoms with Crippen molar-refractivity contribution in [2.24, 2.45) is 23.7 Å². The lowest BCUT2D eigenvalue weighted by Gasteiger charge is -2.56. The number of aromatic nitrogens is 4. The molecule has 8 nitrogen and oxygen atoms in total. The molecule has 0 radical (unpaired) electrons. The summed E-state index contributed by atoms with van der Waals surface area (Å²) >= 11 is 0. The van der Waals surface area contributed by atoms with Gasteiger partial charge in [0, 0.05) is 29.6 Å². The minimum Gasteiger partial charge on any atom is -0.441 e. The molecule has 0 atom stereocenters. The number of alkyl carbamates (subject to hydrolysis) is 1. The van der Waals surface area contributed by atoms with Crippen LogP contribution in [0.15, 0.2) is 18.5 Å². The van der Waals surface area contributed by atoms with Crippen LogP contribution in [-0.4, -0.2) is 31.2 Å². The number of nitrogens with one attached hydrogen (secondary N) is 2. The molecule has 0 saturated heterocycles. The third-order valence-electron chi connectivity index (χ3n) is 9.61. The van der Waals surface area contributed by atoms with E-state index in [0.717, 1.165) is 90.6 Å². The maximum atomic E-state index is 13.1. The van der Waals surface area contributed by atoms with Crippen LogP contribution in [0.4, 0.5) is 4.79 Å². The minimum absolute atomic E-state index is 0.0632. The van der Waals surface area contributed by atoms with Crippen molar-refractivity contribution in [1.29, 1.82) is 5.26 Å². The molecule has 3 aromatic heterocycles. The zero-order valence-corrected chi connectivity index (χ0v) is 20.7. The zero-order valence-electron chi connectivity index (χ0n) is 20.7. The molecule has 8 rings (SSSR count). The molecule has 0 unspecified atom stereocenters. The van der Waals surface area contributed by atoms with Crippen LogP contribution in [0.2, 0.25) is 0 Å². The topological polar surface area (TPSA) is 109 Å². The zero-order chi connectivity index (χ0) is 24.3. The maximum Gasteiger partial charge on any atom is 0.408 e. The summed E-state index contributed by atoms with van der Waals surface area (Å²) in [6, 6.07) is 4.66. The van der Waals surface area contributed by atoms with Crippen LogP contribution >= 0.6 is 0 Å². The molecule has 3 heterocycles. The second-order valence-corrected chi connectivity index (χ2v) is 12.1. The smallest absolute Gasteiger partial charge is 0.408 e. The molecule has 2 N–H and O–H groups in total. The summed E-state index contributed by atoms with van der Waals surface area (Å²) in [7, 11) is 0. The molecule has 5 aliphatic carbocycles. The SMILES string of the molecule is N#CCC1CCC(n2c(COC(=O)NC34CC5CC(CC(C5)C3)C4)nc3cnc4[nH]ccc4c32)CC1. The summed E-state index contributed by atoms with van der Waals surface area (Å²) in [6.45, 7) is 0.150. The van der Waals surface area contributed by atoms with Crippen molar-refractivity contribution in [2.45, 2.75) is 88.8 Å². The summed E-state index contributed by atoms with van der Waals surface area (Å²) < 4.78 is 8.18. The number of rotatable bonds is 5. The average molecular weight is 487 g/mol. The number of H-pyrrole nitrogens is 1. The van der Waals surface area contributed by atoms with E-state index in [2.05, 4.69) is 32.0 Å². The third kappa shape index (κ3) is 3.75. The van der Waals surface area contributed by atoms with Crippen molar-refractivity contribution in [2.75, 3.05) is 0 Å². The van der Waals surface area contributed by atoms with E-state index in [9.17, 15) is 4.79 Å². The Hall–Kier alpha value is -3.08. The quantitative estimate of drug-likeness (QED) is 0.477. The van der Waals surface area contributed by atoms with Gasteiger partial charge in [-0.15, -0.1) is 0 Å². The highest BCUT2D eigenvalue weighted by Gasteiger charge is 2.51. The number of aromatic amines is 1. The number of nitrogens with zero attached hydrogens (tertiary/aromatic N) is 4. The predicted molar refractivity (Wildman–Crippen MR) is 135 cm³/mol. The van der Waals surface area contributed by atoms with Crippen molar-refractivity contribution >= 4 is 28.2 Å². The van der Waals surface area contributed by atoms with E-state index >= 15 is 0 Å². The highest BCUT2D eigenvalue weighted by Crippen LogP contribution is 2.55. The fraction of sp³-hybridized carbons (Fsp3) is 0.643. The lowest BCUT2D eigenvalue weighted by atomic mass is 9.53. The highest BCUT2D eigenvalue weighted by atomic mass is 16.5. The summed E-state index contributed by atoms with van der Waals surface area (Å²) in [4.78, 5) is 25.7. The average Bonchev–Trinajstić information content (AvgIpc) is 3.46. The Morgan fingerprint density at radius 2 is 1.89 bits per heavy atom. The van der Waals surface area contributed by atoms with Gasteiger partial charge in [-0.2, -0.15) is 5.26 Å². The van der Waals surface area contributed by atoms with Crippen LogP contribution < -0.4 is 5.32 Å². The molecule has 36 heavy (non-hydrogen) atoms. The molecule has 5 saturated carbocycles. The Labute approximate surface area is 210 Å². The number of nitriles is 1. The van der Waals surface area contributed by atoms with E-state index in [-0.39, 0.29) is 24.3 Å².